The van der Waals surface area contributed by atoms with Crippen molar-refractivity contribution in [2.24, 2.45) is 0 Å². The summed E-state index contributed by atoms with van der Waals surface area (Å²) in [5, 5.41) is 7.77. The maximum absolute atomic E-state index is 4.52. The first-order chi connectivity index (χ1) is 8.10. The highest BCUT2D eigenvalue weighted by Gasteiger charge is 2.17. The lowest BCUT2D eigenvalue weighted by molar-refractivity contribution is 0.591. The highest BCUT2D eigenvalue weighted by molar-refractivity contribution is 7.11. The van der Waals surface area contributed by atoms with Gasteiger partial charge in [0.05, 0.1) is 21.4 Å². The molecule has 3 nitrogen and oxygen atoms in total. The number of aryl methyl sites for hydroxylation is 3. The summed E-state index contributed by atoms with van der Waals surface area (Å²) in [5.41, 5.74) is 2.30. The maximum atomic E-state index is 4.52. The molecule has 2 aromatic heterocycles. The number of hydrogen-bond acceptors (Lipinski definition) is 5. The second-order valence-corrected chi connectivity index (χ2v) is 6.38. The highest BCUT2D eigenvalue weighted by Crippen LogP contribution is 2.27. The molecule has 2 rings (SSSR count). The first-order valence-electron chi connectivity index (χ1n) is 5.62. The second kappa shape index (κ2) is 5.25. The number of thiazole rings is 2. The van der Waals surface area contributed by atoms with Crippen molar-refractivity contribution in [3.8, 4) is 0 Å². The van der Waals surface area contributed by atoms with Crippen molar-refractivity contribution in [1.82, 2.24) is 15.3 Å². The lowest BCUT2D eigenvalue weighted by atomic mass is 10.1. The van der Waals surface area contributed by atoms with Gasteiger partial charge in [0.15, 0.2) is 0 Å². The molecule has 0 fully saturated rings. The van der Waals surface area contributed by atoms with Crippen LogP contribution in [0.3, 0.4) is 0 Å². The van der Waals surface area contributed by atoms with Gasteiger partial charge in [-0.15, -0.1) is 22.7 Å². The average molecular weight is 267 g/mol. The summed E-state index contributed by atoms with van der Waals surface area (Å²) in [6.45, 7) is 6.18. The van der Waals surface area contributed by atoms with Crippen molar-refractivity contribution < 1.29 is 0 Å². The monoisotopic (exact) mass is 267 g/mol. The van der Waals surface area contributed by atoms with Crippen LogP contribution < -0.4 is 5.32 Å². The predicted molar refractivity (Wildman–Crippen MR) is 73.9 cm³/mol. The normalized spacial score (nSPS) is 12.9. The molecular formula is C12H17N3S2. The van der Waals surface area contributed by atoms with Crippen LogP contribution in [0.2, 0.25) is 0 Å². The number of nitrogens with one attached hydrogen (secondary N) is 1. The molecule has 0 bridgehead atoms. The fraction of sp³-hybridized carbons (Fsp3) is 0.500. The van der Waals surface area contributed by atoms with Crippen LogP contribution in [0.25, 0.3) is 0 Å². The van der Waals surface area contributed by atoms with Crippen molar-refractivity contribution in [3.63, 3.8) is 0 Å². The van der Waals surface area contributed by atoms with Crippen molar-refractivity contribution in [2.45, 2.75) is 33.2 Å². The van der Waals surface area contributed by atoms with Crippen LogP contribution in [-0.4, -0.2) is 17.0 Å². The van der Waals surface area contributed by atoms with Gasteiger partial charge in [-0.3, -0.25) is 0 Å². The van der Waals surface area contributed by atoms with E-state index in [2.05, 4.69) is 34.5 Å². The van der Waals surface area contributed by atoms with Crippen molar-refractivity contribution in [3.05, 3.63) is 31.7 Å². The van der Waals surface area contributed by atoms with E-state index < -0.39 is 0 Å². The van der Waals surface area contributed by atoms with E-state index in [4.69, 9.17) is 0 Å². The maximum Gasteiger partial charge on any atom is 0.0900 e. The molecule has 2 heterocycles. The summed E-state index contributed by atoms with van der Waals surface area (Å²) in [5.74, 6) is 0. The van der Waals surface area contributed by atoms with Crippen molar-refractivity contribution in [1.29, 1.82) is 0 Å². The summed E-state index contributed by atoms with van der Waals surface area (Å²) in [6, 6.07) is 0.322. The first-order valence-corrected chi connectivity index (χ1v) is 7.32. The topological polar surface area (TPSA) is 37.8 Å². The van der Waals surface area contributed by atoms with Crippen LogP contribution in [0.4, 0.5) is 0 Å². The molecule has 1 N–H and O–H groups in total. The molecular weight excluding hydrogens is 250 g/mol. The number of hydrogen-bond donors (Lipinski definition) is 1. The van der Waals surface area contributed by atoms with Gasteiger partial charge < -0.3 is 5.32 Å². The molecule has 92 valence electrons. The summed E-state index contributed by atoms with van der Waals surface area (Å²) in [4.78, 5) is 10.3. The number of nitrogens with zero attached hydrogens (tertiary/aromatic N) is 2. The minimum absolute atomic E-state index is 0.322. The largest absolute Gasteiger partial charge is 0.312 e. The highest BCUT2D eigenvalue weighted by atomic mass is 32.1. The Morgan fingerprint density at radius 3 is 2.47 bits per heavy atom. The van der Waals surface area contributed by atoms with Gasteiger partial charge >= 0.3 is 0 Å². The first kappa shape index (κ1) is 12.7. The van der Waals surface area contributed by atoms with Crippen LogP contribution in [0.1, 0.15) is 32.3 Å². The van der Waals surface area contributed by atoms with Gasteiger partial charge in [-0.2, -0.15) is 0 Å². The summed E-state index contributed by atoms with van der Waals surface area (Å²) < 4.78 is 0. The molecule has 0 saturated carbocycles. The molecule has 2 aromatic rings. The minimum Gasteiger partial charge on any atom is -0.312 e. The minimum atomic E-state index is 0.322. The van der Waals surface area contributed by atoms with E-state index in [1.165, 1.54) is 4.88 Å². The molecule has 17 heavy (non-hydrogen) atoms. The quantitative estimate of drug-likeness (QED) is 0.925. The van der Waals surface area contributed by atoms with Crippen molar-refractivity contribution in [2.75, 3.05) is 7.05 Å². The standard InChI is InChI=1S/C12H17N3S2/c1-7-12(17-9(3)14-7)11(13-4)5-10-6-16-8(2)15-10/h6,11,13H,5H2,1-4H3. The number of aromatic nitrogens is 2. The summed E-state index contributed by atoms with van der Waals surface area (Å²) in [7, 11) is 2.00. The average Bonchev–Trinajstić information content (AvgIpc) is 2.82. The van der Waals surface area contributed by atoms with Crippen LogP contribution in [-0.2, 0) is 6.42 Å². The Hall–Kier alpha value is -0.780. The van der Waals surface area contributed by atoms with Crippen molar-refractivity contribution >= 4 is 22.7 Å². The predicted octanol–water partition coefficient (Wildman–Crippen LogP) is 3.03. The fourth-order valence-electron chi connectivity index (χ4n) is 1.91. The van der Waals surface area contributed by atoms with E-state index >= 15 is 0 Å². The zero-order valence-electron chi connectivity index (χ0n) is 10.6. The fourth-order valence-corrected chi connectivity index (χ4v) is 3.57. The van der Waals surface area contributed by atoms with Crippen LogP contribution in [0.5, 0.6) is 0 Å². The molecule has 0 saturated heterocycles. The number of likely N-dealkylation sites (N-methyl/N-ethyl adjacent to an activating group) is 1. The van der Waals surface area contributed by atoms with Gasteiger partial charge in [0, 0.05) is 22.7 Å². The van der Waals surface area contributed by atoms with E-state index in [9.17, 15) is 0 Å². The van der Waals surface area contributed by atoms with E-state index in [0.29, 0.717) is 6.04 Å². The Kier molecular flexibility index (Phi) is 3.91. The Labute approximate surface area is 110 Å². The molecule has 1 atom stereocenters. The van der Waals surface area contributed by atoms with Crippen LogP contribution in [0, 0.1) is 20.8 Å². The van der Waals surface area contributed by atoms with E-state index in [1.807, 2.05) is 14.0 Å². The molecule has 0 aliphatic carbocycles. The van der Waals surface area contributed by atoms with Gasteiger partial charge in [0.25, 0.3) is 0 Å². The number of rotatable bonds is 4. The zero-order chi connectivity index (χ0) is 12.4. The molecule has 0 aromatic carbocycles. The lowest BCUT2D eigenvalue weighted by Crippen LogP contribution is -2.18. The van der Waals surface area contributed by atoms with Gasteiger partial charge in [0.2, 0.25) is 0 Å². The molecule has 0 amide bonds. The van der Waals surface area contributed by atoms with Gasteiger partial charge in [-0.25, -0.2) is 9.97 Å². The van der Waals surface area contributed by atoms with Crippen LogP contribution >= 0.6 is 22.7 Å². The smallest absolute Gasteiger partial charge is 0.0900 e. The Morgan fingerprint density at radius 2 is 2.00 bits per heavy atom. The molecule has 1 unspecified atom stereocenters. The van der Waals surface area contributed by atoms with Gasteiger partial charge in [-0.05, 0) is 27.8 Å². The third-order valence-electron chi connectivity index (χ3n) is 2.68. The Balaban J connectivity index is 2.19. The second-order valence-electron chi connectivity index (χ2n) is 4.09. The van der Waals surface area contributed by atoms with E-state index in [1.54, 1.807) is 22.7 Å². The zero-order valence-corrected chi connectivity index (χ0v) is 12.2. The molecule has 0 aliphatic rings. The third-order valence-corrected chi connectivity index (χ3v) is 4.69. The van der Waals surface area contributed by atoms with Crippen LogP contribution in [0.15, 0.2) is 5.38 Å². The third kappa shape index (κ3) is 2.91. The Morgan fingerprint density at radius 1 is 1.24 bits per heavy atom. The molecule has 5 heteroatoms. The summed E-state index contributed by atoms with van der Waals surface area (Å²) >= 11 is 3.49. The lowest BCUT2D eigenvalue weighted by Gasteiger charge is -2.13. The van der Waals surface area contributed by atoms with Gasteiger partial charge in [-0.1, -0.05) is 0 Å². The van der Waals surface area contributed by atoms with Gasteiger partial charge in [0.1, 0.15) is 0 Å². The van der Waals surface area contributed by atoms with E-state index in [-0.39, 0.29) is 0 Å². The van der Waals surface area contributed by atoms with E-state index in [0.717, 1.165) is 27.8 Å². The SMILES string of the molecule is CNC(Cc1csc(C)n1)c1sc(C)nc1C. The molecule has 0 spiro atoms. The Bertz CT molecular complexity index is 502. The molecule has 0 aliphatic heterocycles. The summed E-state index contributed by atoms with van der Waals surface area (Å²) in [6.07, 6.45) is 0.934. The molecule has 0 radical (unpaired) electrons.